The molecule has 0 radical (unpaired) electrons. The molecule has 1 fully saturated rings. The van der Waals surface area contributed by atoms with E-state index in [0.29, 0.717) is 46.0 Å². The van der Waals surface area contributed by atoms with E-state index in [1.807, 2.05) is 11.8 Å². The molecule has 146 valence electrons. The monoisotopic (exact) mass is 484 g/mol. The minimum absolute atomic E-state index is 0.0409. The Hall–Kier alpha value is -1.70. The van der Waals surface area contributed by atoms with E-state index in [0.717, 1.165) is 11.6 Å². The average molecular weight is 486 g/mol. The minimum Gasteiger partial charge on any atom is -0.353 e. The van der Waals surface area contributed by atoms with Gasteiger partial charge < -0.3 is 9.88 Å². The number of ketones is 1. The smallest absolute Gasteiger partial charge is 0.168 e. The summed E-state index contributed by atoms with van der Waals surface area (Å²) < 4.78 is 13.8. The van der Waals surface area contributed by atoms with Gasteiger partial charge in [0.2, 0.25) is 0 Å². The number of halogens is 4. The number of rotatable bonds is 3. The standard InChI is InChI=1S/C19H16BrCl2FN4O/c1-9-4-10(2-3-27(9)19-15(22)5-11(23)7-25-19)16(28)13-8-24-18-12(13)6-14(21)17(20)26-18/h5-10H,2-4H2,1H3,(H,24,26)/t9-,10-/m1/s1. The summed E-state index contributed by atoms with van der Waals surface area (Å²) in [7, 11) is 0. The fraction of sp³-hybridized carbons (Fsp3) is 0.316. The van der Waals surface area contributed by atoms with Gasteiger partial charge in [-0.1, -0.05) is 23.2 Å². The Morgan fingerprint density at radius 2 is 2.14 bits per heavy atom. The third-order valence-electron chi connectivity index (χ3n) is 5.15. The van der Waals surface area contributed by atoms with Crippen molar-refractivity contribution in [3.05, 3.63) is 50.6 Å². The molecule has 3 aromatic rings. The number of nitrogens with zero attached hydrogens (tertiary/aromatic N) is 3. The summed E-state index contributed by atoms with van der Waals surface area (Å²) >= 11 is 15.6. The first-order chi connectivity index (χ1) is 13.3. The number of carbonyl (C=O) groups excluding carboxylic acids is 1. The number of aromatic amines is 1. The lowest BCUT2D eigenvalue weighted by Crippen LogP contribution is -2.43. The van der Waals surface area contributed by atoms with Gasteiger partial charge in [-0.2, -0.15) is 0 Å². The number of fused-ring (bicyclic) bond motifs is 1. The van der Waals surface area contributed by atoms with Gasteiger partial charge in [0, 0.05) is 35.7 Å². The van der Waals surface area contributed by atoms with E-state index in [4.69, 9.17) is 23.2 Å². The van der Waals surface area contributed by atoms with Gasteiger partial charge >= 0.3 is 0 Å². The molecular formula is C19H16BrCl2FN4O. The molecule has 0 spiro atoms. The maximum atomic E-state index is 13.3. The molecule has 0 amide bonds. The third-order valence-corrected chi connectivity index (χ3v) is 6.55. The van der Waals surface area contributed by atoms with E-state index in [-0.39, 0.29) is 22.8 Å². The SMILES string of the molecule is C[C@@H]1C[C@H](C(=O)c2c[nH]c3nc(Br)c(Cl)cc23)CCN1c1ncc(F)cc1Cl. The maximum absolute atomic E-state index is 13.3. The van der Waals surface area contributed by atoms with Crippen molar-refractivity contribution in [3.63, 3.8) is 0 Å². The van der Waals surface area contributed by atoms with E-state index in [1.165, 1.54) is 6.07 Å². The largest absolute Gasteiger partial charge is 0.353 e. The van der Waals surface area contributed by atoms with Gasteiger partial charge in [0.1, 0.15) is 21.9 Å². The van der Waals surface area contributed by atoms with Gasteiger partial charge in [-0.05, 0) is 47.8 Å². The van der Waals surface area contributed by atoms with Crippen molar-refractivity contribution in [2.24, 2.45) is 5.92 Å². The lowest BCUT2D eigenvalue weighted by Gasteiger charge is -2.38. The van der Waals surface area contributed by atoms with Gasteiger partial charge in [-0.3, -0.25) is 4.79 Å². The van der Waals surface area contributed by atoms with Crippen LogP contribution < -0.4 is 4.90 Å². The number of hydrogen-bond acceptors (Lipinski definition) is 4. The van der Waals surface area contributed by atoms with Crippen LogP contribution in [0.3, 0.4) is 0 Å². The van der Waals surface area contributed by atoms with Crippen LogP contribution in [0.1, 0.15) is 30.1 Å². The Bertz CT molecular complexity index is 1070. The summed E-state index contributed by atoms with van der Waals surface area (Å²) in [4.78, 5) is 26.7. The lowest BCUT2D eigenvalue weighted by molar-refractivity contribution is 0.0892. The number of Topliss-reactive ketones (excluding diaryl/α,β-unsaturated/α-hetero) is 1. The van der Waals surface area contributed by atoms with Crippen LogP contribution in [0.15, 0.2) is 29.1 Å². The number of carbonyl (C=O) groups is 1. The molecular weight excluding hydrogens is 470 g/mol. The molecule has 5 nitrogen and oxygen atoms in total. The zero-order valence-corrected chi connectivity index (χ0v) is 17.9. The predicted octanol–water partition coefficient (Wildman–Crippen LogP) is 5.65. The molecule has 0 aliphatic carbocycles. The van der Waals surface area contributed by atoms with Gasteiger partial charge in [-0.25, -0.2) is 14.4 Å². The second kappa shape index (κ2) is 7.61. The minimum atomic E-state index is -0.468. The first-order valence-corrected chi connectivity index (χ1v) is 10.3. The third kappa shape index (κ3) is 3.51. The van der Waals surface area contributed by atoms with Gasteiger partial charge in [0.15, 0.2) is 5.78 Å². The molecule has 0 bridgehead atoms. The summed E-state index contributed by atoms with van der Waals surface area (Å²) in [6.45, 7) is 2.63. The number of aromatic nitrogens is 3. The second-order valence-corrected chi connectivity index (χ2v) is 8.51. The van der Waals surface area contributed by atoms with Crippen molar-refractivity contribution in [3.8, 4) is 0 Å². The summed E-state index contributed by atoms with van der Waals surface area (Å²) in [6, 6.07) is 3.05. The van der Waals surface area contributed by atoms with Crippen LogP contribution in [0.4, 0.5) is 10.2 Å². The molecule has 4 heterocycles. The molecule has 28 heavy (non-hydrogen) atoms. The molecule has 1 aliphatic rings. The van der Waals surface area contributed by atoms with Crippen LogP contribution in [0.5, 0.6) is 0 Å². The van der Waals surface area contributed by atoms with E-state index in [2.05, 4.69) is 30.9 Å². The molecule has 1 saturated heterocycles. The molecule has 2 atom stereocenters. The van der Waals surface area contributed by atoms with Crippen molar-refractivity contribution in [1.29, 1.82) is 0 Å². The zero-order valence-electron chi connectivity index (χ0n) is 14.8. The summed E-state index contributed by atoms with van der Waals surface area (Å²) in [6.07, 6.45) is 4.16. The number of hydrogen-bond donors (Lipinski definition) is 1. The lowest BCUT2D eigenvalue weighted by atomic mass is 9.85. The summed E-state index contributed by atoms with van der Waals surface area (Å²) in [5.41, 5.74) is 1.22. The quantitative estimate of drug-likeness (QED) is 0.384. The molecule has 3 aromatic heterocycles. The molecule has 0 saturated carbocycles. The Balaban J connectivity index is 1.56. The van der Waals surface area contributed by atoms with Gasteiger partial charge in [0.05, 0.1) is 16.2 Å². The average Bonchev–Trinajstić information content (AvgIpc) is 3.04. The maximum Gasteiger partial charge on any atom is 0.168 e. The van der Waals surface area contributed by atoms with Gasteiger partial charge in [-0.15, -0.1) is 0 Å². The number of anilines is 1. The van der Waals surface area contributed by atoms with Crippen LogP contribution >= 0.6 is 39.1 Å². The second-order valence-electron chi connectivity index (χ2n) is 6.95. The van der Waals surface area contributed by atoms with Crippen LogP contribution in [0.2, 0.25) is 10.0 Å². The highest BCUT2D eigenvalue weighted by Crippen LogP contribution is 2.34. The first kappa shape index (κ1) is 19.6. The van der Waals surface area contributed by atoms with Crippen LogP contribution in [0.25, 0.3) is 11.0 Å². The summed E-state index contributed by atoms with van der Waals surface area (Å²) in [5.74, 6) is 0.0158. The van der Waals surface area contributed by atoms with Crippen molar-refractivity contribution in [1.82, 2.24) is 15.0 Å². The fourth-order valence-corrected chi connectivity index (χ4v) is 4.47. The molecule has 0 aromatic carbocycles. The zero-order chi connectivity index (χ0) is 20.0. The van der Waals surface area contributed by atoms with Crippen LogP contribution in [0, 0.1) is 11.7 Å². The van der Waals surface area contributed by atoms with Crippen molar-refractivity contribution < 1.29 is 9.18 Å². The number of nitrogens with one attached hydrogen (secondary N) is 1. The number of pyridine rings is 2. The summed E-state index contributed by atoms with van der Waals surface area (Å²) in [5, 5.41) is 1.46. The van der Waals surface area contributed by atoms with Crippen molar-refractivity contribution in [2.75, 3.05) is 11.4 Å². The van der Waals surface area contributed by atoms with Crippen LogP contribution in [-0.4, -0.2) is 33.3 Å². The number of H-pyrrole nitrogens is 1. The topological polar surface area (TPSA) is 61.9 Å². The number of piperidine rings is 1. The Morgan fingerprint density at radius 1 is 1.36 bits per heavy atom. The Labute approximate surface area is 179 Å². The van der Waals surface area contributed by atoms with Gasteiger partial charge in [0.25, 0.3) is 0 Å². The first-order valence-electron chi connectivity index (χ1n) is 8.80. The Kier molecular flexibility index (Phi) is 5.33. The van der Waals surface area contributed by atoms with E-state index in [1.54, 1.807) is 12.3 Å². The molecule has 1 aliphatic heterocycles. The van der Waals surface area contributed by atoms with Crippen molar-refractivity contribution in [2.45, 2.75) is 25.8 Å². The molecule has 1 N–H and O–H groups in total. The fourth-order valence-electron chi connectivity index (χ4n) is 3.77. The highest BCUT2D eigenvalue weighted by molar-refractivity contribution is 9.10. The van der Waals surface area contributed by atoms with E-state index in [9.17, 15) is 9.18 Å². The highest BCUT2D eigenvalue weighted by Gasteiger charge is 2.33. The Morgan fingerprint density at radius 3 is 2.86 bits per heavy atom. The highest BCUT2D eigenvalue weighted by atomic mass is 79.9. The predicted molar refractivity (Wildman–Crippen MR) is 112 cm³/mol. The van der Waals surface area contributed by atoms with Crippen molar-refractivity contribution >= 4 is 61.8 Å². The molecule has 0 unspecified atom stereocenters. The van der Waals surface area contributed by atoms with Crippen LogP contribution in [-0.2, 0) is 0 Å². The van der Waals surface area contributed by atoms with E-state index < -0.39 is 5.82 Å². The molecule has 9 heteroatoms. The normalized spacial score (nSPS) is 20.0. The van der Waals surface area contributed by atoms with E-state index >= 15 is 0 Å². The molecule has 4 rings (SSSR count).